The number of ether oxygens (including phenoxy) is 2. The number of benzene rings is 2. The molecular weight excluding hydrogens is 332 g/mol. The minimum atomic E-state index is -0.468. The molecule has 1 aliphatic rings. The number of ketones is 2. The predicted octanol–water partition coefficient (Wildman–Crippen LogP) is 3.05. The highest BCUT2D eigenvalue weighted by Crippen LogP contribution is 2.35. The minimum Gasteiger partial charge on any atom is -0.496 e. The van der Waals surface area contributed by atoms with Gasteiger partial charge in [0.25, 0.3) is 0 Å². The van der Waals surface area contributed by atoms with Crippen molar-refractivity contribution in [3.8, 4) is 5.75 Å². The van der Waals surface area contributed by atoms with Gasteiger partial charge in [-0.15, -0.1) is 0 Å². The van der Waals surface area contributed by atoms with Crippen LogP contribution >= 0.6 is 0 Å². The fourth-order valence-electron chi connectivity index (χ4n) is 3.20. The van der Waals surface area contributed by atoms with Crippen molar-refractivity contribution in [1.29, 1.82) is 0 Å². The van der Waals surface area contributed by atoms with Crippen LogP contribution in [0.2, 0.25) is 0 Å². The van der Waals surface area contributed by atoms with E-state index in [1.54, 1.807) is 30.3 Å². The monoisotopic (exact) mass is 350 g/mol. The van der Waals surface area contributed by atoms with Crippen LogP contribution in [0.1, 0.15) is 43.0 Å². The van der Waals surface area contributed by atoms with Gasteiger partial charge in [0.05, 0.1) is 19.8 Å². The van der Waals surface area contributed by atoms with E-state index >= 15 is 0 Å². The molecule has 3 rings (SSSR count). The van der Waals surface area contributed by atoms with Gasteiger partial charge < -0.3 is 9.47 Å². The molecule has 0 fully saturated rings. The number of hydrogen-bond acceptors (Lipinski definition) is 5. The number of carbonyl (C=O) groups excluding carboxylic acids is 3. The zero-order valence-corrected chi connectivity index (χ0v) is 14.8. The maximum Gasteiger partial charge on any atom is 0.330 e. The lowest BCUT2D eigenvalue weighted by molar-refractivity contribution is -0.134. The van der Waals surface area contributed by atoms with Gasteiger partial charge in [0.15, 0.2) is 11.6 Å². The van der Waals surface area contributed by atoms with Crippen LogP contribution in [-0.4, -0.2) is 31.8 Å². The molecule has 5 nitrogen and oxygen atoms in total. The summed E-state index contributed by atoms with van der Waals surface area (Å²) in [4.78, 5) is 37.4. The van der Waals surface area contributed by atoms with E-state index in [0.29, 0.717) is 34.4 Å². The molecule has 0 radical (unpaired) electrons. The zero-order chi connectivity index (χ0) is 18.8. The normalized spacial score (nSPS) is 12.7. The SMILES string of the molecule is COC(=O)/C=C/Cc1c(C)ccc2c1C(=O)c1cccc(OC)c1C2=O. The van der Waals surface area contributed by atoms with Crippen molar-refractivity contribution in [3.05, 3.63) is 75.9 Å². The molecule has 0 aromatic heterocycles. The first-order valence-corrected chi connectivity index (χ1v) is 8.13. The standard InChI is InChI=1S/C21H18O5/c1-12-10-11-15-18(13(12)6-5-9-17(22)26-3)20(23)14-7-4-8-16(25-2)19(14)21(15)24/h4-5,7-11H,6H2,1-3H3/b9-5+. The van der Waals surface area contributed by atoms with Gasteiger partial charge in [-0.25, -0.2) is 4.79 Å². The van der Waals surface area contributed by atoms with E-state index in [9.17, 15) is 14.4 Å². The highest BCUT2D eigenvalue weighted by Gasteiger charge is 2.34. The van der Waals surface area contributed by atoms with Gasteiger partial charge in [0.1, 0.15) is 5.75 Å². The van der Waals surface area contributed by atoms with Crippen LogP contribution in [0.4, 0.5) is 0 Å². The molecule has 0 heterocycles. The Morgan fingerprint density at radius 2 is 1.69 bits per heavy atom. The second-order valence-corrected chi connectivity index (χ2v) is 5.95. The summed E-state index contributed by atoms with van der Waals surface area (Å²) in [7, 11) is 2.77. The molecule has 0 saturated carbocycles. The predicted molar refractivity (Wildman–Crippen MR) is 95.9 cm³/mol. The van der Waals surface area contributed by atoms with Crippen molar-refractivity contribution in [1.82, 2.24) is 0 Å². The molecule has 0 aliphatic heterocycles. The lowest BCUT2D eigenvalue weighted by Gasteiger charge is -2.22. The summed E-state index contributed by atoms with van der Waals surface area (Å²) < 4.78 is 9.85. The van der Waals surface area contributed by atoms with E-state index in [2.05, 4.69) is 4.74 Å². The number of allylic oxidation sites excluding steroid dienone is 1. The molecule has 5 heteroatoms. The van der Waals surface area contributed by atoms with Crippen molar-refractivity contribution in [2.24, 2.45) is 0 Å². The lowest BCUT2D eigenvalue weighted by atomic mass is 9.79. The third kappa shape index (κ3) is 2.81. The molecule has 0 bridgehead atoms. The summed E-state index contributed by atoms with van der Waals surface area (Å²) in [6.07, 6.45) is 3.29. The molecule has 0 spiro atoms. The Balaban J connectivity index is 2.14. The van der Waals surface area contributed by atoms with Gasteiger partial charge in [-0.05, 0) is 30.5 Å². The number of rotatable bonds is 4. The fraction of sp³-hybridized carbons (Fsp3) is 0.190. The average molecular weight is 350 g/mol. The summed E-state index contributed by atoms with van der Waals surface area (Å²) >= 11 is 0. The summed E-state index contributed by atoms with van der Waals surface area (Å²) in [6.45, 7) is 1.88. The molecule has 2 aromatic rings. The van der Waals surface area contributed by atoms with E-state index in [1.165, 1.54) is 20.3 Å². The van der Waals surface area contributed by atoms with Crippen LogP contribution in [0, 0.1) is 6.92 Å². The zero-order valence-electron chi connectivity index (χ0n) is 14.8. The smallest absolute Gasteiger partial charge is 0.330 e. The quantitative estimate of drug-likeness (QED) is 0.534. The lowest BCUT2D eigenvalue weighted by Crippen LogP contribution is -2.23. The minimum absolute atomic E-state index is 0.210. The number of carbonyl (C=O) groups is 3. The second kappa shape index (κ2) is 6.96. The highest BCUT2D eigenvalue weighted by molar-refractivity contribution is 6.29. The van der Waals surface area contributed by atoms with Gasteiger partial charge in [0, 0.05) is 22.8 Å². The number of hydrogen-bond donors (Lipinski definition) is 0. The van der Waals surface area contributed by atoms with Crippen molar-refractivity contribution < 1.29 is 23.9 Å². The number of methoxy groups -OCH3 is 2. The fourth-order valence-corrected chi connectivity index (χ4v) is 3.20. The van der Waals surface area contributed by atoms with Crippen molar-refractivity contribution in [2.75, 3.05) is 14.2 Å². The van der Waals surface area contributed by atoms with Crippen molar-refractivity contribution >= 4 is 17.5 Å². The average Bonchev–Trinajstić information content (AvgIpc) is 2.66. The molecule has 1 aliphatic carbocycles. The van der Waals surface area contributed by atoms with E-state index in [4.69, 9.17) is 4.74 Å². The number of aryl methyl sites for hydroxylation is 1. The Hall–Kier alpha value is -3.21. The maximum absolute atomic E-state index is 13.1. The van der Waals surface area contributed by atoms with Crippen LogP contribution < -0.4 is 4.74 Å². The Labute approximate surface area is 151 Å². The van der Waals surface area contributed by atoms with Gasteiger partial charge in [-0.2, -0.15) is 0 Å². The van der Waals surface area contributed by atoms with E-state index in [1.807, 2.05) is 13.0 Å². The highest BCUT2D eigenvalue weighted by atomic mass is 16.5. The van der Waals surface area contributed by atoms with Crippen LogP contribution in [-0.2, 0) is 16.0 Å². The topological polar surface area (TPSA) is 69.7 Å². The molecule has 26 heavy (non-hydrogen) atoms. The first-order chi connectivity index (χ1) is 12.5. The van der Waals surface area contributed by atoms with Gasteiger partial charge in [-0.3, -0.25) is 9.59 Å². The molecular formula is C21H18O5. The van der Waals surface area contributed by atoms with Crippen LogP contribution in [0.3, 0.4) is 0 Å². The van der Waals surface area contributed by atoms with Gasteiger partial charge in [-0.1, -0.05) is 30.3 Å². The Morgan fingerprint density at radius 3 is 2.38 bits per heavy atom. The molecule has 0 N–H and O–H groups in total. The summed E-state index contributed by atoms with van der Waals surface area (Å²) in [5.41, 5.74) is 3.00. The van der Waals surface area contributed by atoms with Crippen LogP contribution in [0.15, 0.2) is 42.5 Å². The largest absolute Gasteiger partial charge is 0.496 e. The van der Waals surface area contributed by atoms with Gasteiger partial charge >= 0.3 is 5.97 Å². The Morgan fingerprint density at radius 1 is 1.00 bits per heavy atom. The molecule has 132 valence electrons. The third-order valence-electron chi connectivity index (χ3n) is 4.51. The first-order valence-electron chi connectivity index (χ1n) is 8.13. The molecule has 0 saturated heterocycles. The van der Waals surface area contributed by atoms with E-state index in [0.717, 1.165) is 11.1 Å². The summed E-state index contributed by atoms with van der Waals surface area (Å²) in [6, 6.07) is 8.49. The van der Waals surface area contributed by atoms with Crippen molar-refractivity contribution in [2.45, 2.75) is 13.3 Å². The Kier molecular flexibility index (Phi) is 4.71. The molecule has 2 aromatic carbocycles. The first kappa shape index (κ1) is 17.6. The van der Waals surface area contributed by atoms with Gasteiger partial charge in [0.2, 0.25) is 0 Å². The Bertz CT molecular complexity index is 953. The van der Waals surface area contributed by atoms with E-state index < -0.39 is 5.97 Å². The molecule has 0 unspecified atom stereocenters. The third-order valence-corrected chi connectivity index (χ3v) is 4.51. The van der Waals surface area contributed by atoms with Crippen molar-refractivity contribution in [3.63, 3.8) is 0 Å². The number of fused-ring (bicyclic) bond motifs is 2. The summed E-state index contributed by atoms with van der Waals surface area (Å²) in [5.74, 6) is -0.520. The van der Waals surface area contributed by atoms with E-state index in [-0.39, 0.29) is 11.6 Å². The molecule has 0 atom stereocenters. The van der Waals surface area contributed by atoms with Crippen LogP contribution in [0.5, 0.6) is 5.75 Å². The second-order valence-electron chi connectivity index (χ2n) is 5.95. The van der Waals surface area contributed by atoms with Crippen LogP contribution in [0.25, 0.3) is 0 Å². The summed E-state index contributed by atoms with van der Waals surface area (Å²) in [5, 5.41) is 0. The maximum atomic E-state index is 13.1. The number of esters is 1. The molecule has 0 amide bonds.